The summed E-state index contributed by atoms with van der Waals surface area (Å²) in [4.78, 5) is 33.3. The molecule has 2 amide bonds. The Morgan fingerprint density at radius 1 is 0.812 bits per heavy atom. The molecule has 0 unspecified atom stereocenters. The number of rotatable bonds is 11. The summed E-state index contributed by atoms with van der Waals surface area (Å²) in [6, 6.07) is 20.0. The van der Waals surface area contributed by atoms with Gasteiger partial charge in [0.25, 0.3) is 11.8 Å². The van der Waals surface area contributed by atoms with Crippen molar-refractivity contribution in [2.24, 2.45) is 0 Å². The number of carbonyl (C=O) groups excluding carboxylic acids is 2. The summed E-state index contributed by atoms with van der Waals surface area (Å²) in [6.45, 7) is 8.74. The third-order valence-corrected chi connectivity index (χ3v) is 8.50. The van der Waals surface area contributed by atoms with Crippen molar-refractivity contribution >= 4 is 23.2 Å². The van der Waals surface area contributed by atoms with Crippen LogP contribution >= 0.6 is 0 Å². The maximum atomic E-state index is 13.8. The molecule has 1 fully saturated rings. The molecular weight excluding hydrogens is 608 g/mol. The number of nitrogens with zero attached hydrogens (tertiary/aromatic N) is 2. The van der Waals surface area contributed by atoms with E-state index in [4.69, 9.17) is 18.9 Å². The molecule has 0 radical (unpaired) electrons. The lowest BCUT2D eigenvalue weighted by molar-refractivity contribution is 0.0917. The smallest absolute Gasteiger partial charge is 0.259 e. The molecule has 4 aromatic rings. The molecule has 1 aliphatic rings. The first-order valence-electron chi connectivity index (χ1n) is 16.0. The predicted octanol–water partition coefficient (Wildman–Crippen LogP) is 6.95. The number of amides is 2. The number of methoxy groups -OCH3 is 3. The lowest BCUT2D eigenvalue weighted by Gasteiger charge is -2.33. The summed E-state index contributed by atoms with van der Waals surface area (Å²) < 4.78 is 23.0. The fourth-order valence-corrected chi connectivity index (χ4v) is 5.68. The molecule has 0 aliphatic carbocycles. The number of ether oxygens (including phenoxy) is 4. The Morgan fingerprint density at radius 2 is 1.48 bits per heavy atom. The van der Waals surface area contributed by atoms with E-state index < -0.39 is 0 Å². The van der Waals surface area contributed by atoms with E-state index in [1.54, 1.807) is 57.9 Å². The van der Waals surface area contributed by atoms with Crippen LogP contribution in [0.2, 0.25) is 0 Å². The quantitative estimate of drug-likeness (QED) is 0.179. The van der Waals surface area contributed by atoms with Crippen molar-refractivity contribution < 1.29 is 28.5 Å². The van der Waals surface area contributed by atoms with Gasteiger partial charge in [0.2, 0.25) is 0 Å². The number of benzene rings is 3. The number of anilines is 2. The highest BCUT2D eigenvalue weighted by molar-refractivity contribution is 6.10. The van der Waals surface area contributed by atoms with E-state index in [1.165, 1.54) is 6.20 Å². The molecule has 0 saturated carbocycles. The summed E-state index contributed by atoms with van der Waals surface area (Å²) in [7, 11) is 4.91. The standard InChI is InChI=1S/C38H44N4O6/c1-38(2,3)26-12-15-29(37(44)40-31-16-19-39-23-32(31)41-36(43)25-10-13-27(45-4)14-11-25)35(22-26)48-28-17-20-42(21-18-28)24-30-33(46-5)8-7-9-34(30)47-6/h7-16,19,22-23,28H,17-18,20-21,24H2,1-6H3,(H,41,43)(H,39,40,44). The Bertz CT molecular complexity index is 1700. The lowest BCUT2D eigenvalue weighted by Crippen LogP contribution is -2.38. The molecule has 48 heavy (non-hydrogen) atoms. The Labute approximate surface area is 282 Å². The third kappa shape index (κ3) is 8.24. The lowest BCUT2D eigenvalue weighted by atomic mass is 9.86. The molecule has 1 saturated heterocycles. The van der Waals surface area contributed by atoms with Crippen molar-refractivity contribution in [1.82, 2.24) is 9.88 Å². The first-order chi connectivity index (χ1) is 23.1. The summed E-state index contributed by atoms with van der Waals surface area (Å²) in [5.41, 5.74) is 3.59. The van der Waals surface area contributed by atoms with Gasteiger partial charge in [0, 0.05) is 31.4 Å². The van der Waals surface area contributed by atoms with Crippen molar-refractivity contribution in [2.45, 2.75) is 51.7 Å². The van der Waals surface area contributed by atoms with Crippen LogP contribution in [-0.4, -0.2) is 62.2 Å². The van der Waals surface area contributed by atoms with E-state index in [0.29, 0.717) is 40.5 Å². The van der Waals surface area contributed by atoms with E-state index in [1.807, 2.05) is 36.4 Å². The van der Waals surface area contributed by atoms with Gasteiger partial charge < -0.3 is 29.6 Å². The minimum atomic E-state index is -0.350. The second-order valence-electron chi connectivity index (χ2n) is 12.8. The van der Waals surface area contributed by atoms with Gasteiger partial charge in [-0.2, -0.15) is 0 Å². The fraction of sp³-hybridized carbons (Fsp3) is 0.342. The molecule has 0 bridgehead atoms. The summed E-state index contributed by atoms with van der Waals surface area (Å²) in [6.07, 6.45) is 4.59. The highest BCUT2D eigenvalue weighted by atomic mass is 16.5. The van der Waals surface area contributed by atoms with Gasteiger partial charge in [-0.1, -0.05) is 32.9 Å². The van der Waals surface area contributed by atoms with Crippen LogP contribution in [-0.2, 0) is 12.0 Å². The highest BCUT2D eigenvalue weighted by Crippen LogP contribution is 2.34. The van der Waals surface area contributed by atoms with Crippen molar-refractivity contribution in [3.63, 3.8) is 0 Å². The average Bonchev–Trinajstić information content (AvgIpc) is 3.09. The third-order valence-electron chi connectivity index (χ3n) is 8.50. The van der Waals surface area contributed by atoms with Gasteiger partial charge in [-0.3, -0.25) is 19.5 Å². The van der Waals surface area contributed by atoms with Crippen LogP contribution in [0.5, 0.6) is 23.0 Å². The number of aromatic nitrogens is 1. The van der Waals surface area contributed by atoms with Gasteiger partial charge in [-0.15, -0.1) is 0 Å². The molecule has 252 valence electrons. The fourth-order valence-electron chi connectivity index (χ4n) is 5.68. The maximum absolute atomic E-state index is 13.8. The van der Waals surface area contributed by atoms with Crippen molar-refractivity contribution in [3.8, 4) is 23.0 Å². The number of likely N-dealkylation sites (tertiary alicyclic amines) is 1. The minimum Gasteiger partial charge on any atom is -0.497 e. The Kier molecular flexibility index (Phi) is 10.9. The zero-order valence-corrected chi connectivity index (χ0v) is 28.5. The predicted molar refractivity (Wildman–Crippen MR) is 187 cm³/mol. The molecule has 1 aromatic heterocycles. The molecule has 10 heteroatoms. The van der Waals surface area contributed by atoms with Crippen LogP contribution < -0.4 is 29.6 Å². The normalized spacial score (nSPS) is 13.8. The average molecular weight is 653 g/mol. The largest absolute Gasteiger partial charge is 0.497 e. The number of nitrogens with one attached hydrogen (secondary N) is 2. The molecule has 10 nitrogen and oxygen atoms in total. The first-order valence-corrected chi connectivity index (χ1v) is 16.0. The molecule has 1 aliphatic heterocycles. The topological polar surface area (TPSA) is 111 Å². The van der Waals surface area contributed by atoms with Gasteiger partial charge in [0.15, 0.2) is 0 Å². The van der Waals surface area contributed by atoms with Crippen LogP contribution in [0.25, 0.3) is 0 Å². The second-order valence-corrected chi connectivity index (χ2v) is 12.8. The number of pyridine rings is 1. The molecule has 5 rings (SSSR count). The van der Waals surface area contributed by atoms with E-state index in [-0.39, 0.29) is 23.3 Å². The molecule has 0 spiro atoms. The van der Waals surface area contributed by atoms with Crippen LogP contribution in [0, 0.1) is 0 Å². The zero-order chi connectivity index (χ0) is 34.3. The highest BCUT2D eigenvalue weighted by Gasteiger charge is 2.26. The maximum Gasteiger partial charge on any atom is 0.259 e. The summed E-state index contributed by atoms with van der Waals surface area (Å²) >= 11 is 0. The van der Waals surface area contributed by atoms with E-state index >= 15 is 0 Å². The SMILES string of the molecule is COc1ccc(C(=O)Nc2cnccc2NC(=O)c2ccc(C(C)(C)C)cc2OC2CCN(Cc3c(OC)cccc3OC)CC2)cc1. The Hall–Kier alpha value is -5.09. The molecule has 3 aromatic carbocycles. The van der Waals surface area contributed by atoms with Crippen LogP contribution in [0.3, 0.4) is 0 Å². The van der Waals surface area contributed by atoms with Gasteiger partial charge in [-0.25, -0.2) is 0 Å². The summed E-state index contributed by atoms with van der Waals surface area (Å²) in [5.74, 6) is 2.10. The summed E-state index contributed by atoms with van der Waals surface area (Å²) in [5, 5.41) is 5.83. The van der Waals surface area contributed by atoms with E-state index in [9.17, 15) is 9.59 Å². The molecule has 2 N–H and O–H groups in total. The minimum absolute atomic E-state index is 0.0668. The Balaban J connectivity index is 1.30. The van der Waals surface area contributed by atoms with Crippen LogP contribution in [0.1, 0.15) is 65.5 Å². The van der Waals surface area contributed by atoms with E-state index in [0.717, 1.165) is 48.6 Å². The number of carbonyl (C=O) groups is 2. The van der Waals surface area contributed by atoms with Crippen molar-refractivity contribution in [2.75, 3.05) is 45.1 Å². The molecular formula is C38H44N4O6. The Morgan fingerprint density at radius 3 is 2.10 bits per heavy atom. The van der Waals surface area contributed by atoms with Gasteiger partial charge in [0.05, 0.1) is 50.0 Å². The van der Waals surface area contributed by atoms with E-state index in [2.05, 4.69) is 41.3 Å². The van der Waals surface area contributed by atoms with Crippen LogP contribution in [0.4, 0.5) is 11.4 Å². The number of hydrogen-bond donors (Lipinski definition) is 2. The van der Waals surface area contributed by atoms with Crippen molar-refractivity contribution in [3.05, 3.63) is 101 Å². The van der Waals surface area contributed by atoms with Crippen molar-refractivity contribution in [1.29, 1.82) is 0 Å². The van der Waals surface area contributed by atoms with Gasteiger partial charge in [0.1, 0.15) is 29.1 Å². The van der Waals surface area contributed by atoms with Gasteiger partial charge in [-0.05, 0) is 78.4 Å². The second kappa shape index (κ2) is 15.2. The monoisotopic (exact) mass is 652 g/mol. The zero-order valence-electron chi connectivity index (χ0n) is 28.5. The number of piperidine rings is 1. The molecule has 2 heterocycles. The first kappa shape index (κ1) is 34.3. The van der Waals surface area contributed by atoms with Crippen LogP contribution in [0.15, 0.2) is 79.1 Å². The number of hydrogen-bond acceptors (Lipinski definition) is 8. The molecule has 0 atom stereocenters. The van der Waals surface area contributed by atoms with Gasteiger partial charge >= 0.3 is 0 Å².